The van der Waals surface area contributed by atoms with Crippen LogP contribution in [0.4, 0.5) is 0 Å². The van der Waals surface area contributed by atoms with Gasteiger partial charge in [-0.2, -0.15) is 11.8 Å². The van der Waals surface area contributed by atoms with Crippen molar-refractivity contribution < 1.29 is 4.79 Å². The topological polar surface area (TPSA) is 29.1 Å². The first-order valence-corrected chi connectivity index (χ1v) is 8.76. The predicted molar refractivity (Wildman–Crippen MR) is 74.7 cm³/mol. The molecule has 18 heavy (non-hydrogen) atoms. The van der Waals surface area contributed by atoms with Gasteiger partial charge in [0.15, 0.2) is 5.78 Å². The maximum absolute atomic E-state index is 13.0. The highest BCUT2D eigenvalue weighted by Gasteiger charge is 2.55. The highest BCUT2D eigenvalue weighted by Crippen LogP contribution is 2.60. The van der Waals surface area contributed by atoms with Crippen LogP contribution in [0.1, 0.15) is 38.5 Å². The van der Waals surface area contributed by atoms with E-state index in [-0.39, 0.29) is 11.5 Å². The molecule has 4 aliphatic carbocycles. The highest BCUT2D eigenvalue weighted by atomic mass is 32.2. The lowest BCUT2D eigenvalue weighted by molar-refractivity contribution is -0.145. The molecule has 3 heteroatoms. The number of ketones is 1. The highest BCUT2D eigenvalue weighted by molar-refractivity contribution is 7.99. The van der Waals surface area contributed by atoms with Crippen LogP contribution in [0.15, 0.2) is 0 Å². The third kappa shape index (κ3) is 1.77. The standard InChI is InChI=1S/C15H23NOS/c17-14(13-9-18-2-1-16-13)15-6-10-3-11(7-15)5-12(4-10)8-15/h10-13,16H,1-9H2. The van der Waals surface area contributed by atoms with E-state index in [1.807, 2.05) is 11.8 Å². The first-order chi connectivity index (χ1) is 8.75. The van der Waals surface area contributed by atoms with Crippen molar-refractivity contribution in [2.75, 3.05) is 18.1 Å². The van der Waals surface area contributed by atoms with Crippen molar-refractivity contribution in [1.29, 1.82) is 0 Å². The Morgan fingerprint density at radius 1 is 1.06 bits per heavy atom. The Kier molecular flexibility index (Phi) is 2.77. The molecular weight excluding hydrogens is 242 g/mol. The quantitative estimate of drug-likeness (QED) is 0.831. The minimum Gasteiger partial charge on any atom is -0.306 e. The fraction of sp³-hybridized carbons (Fsp3) is 0.933. The Morgan fingerprint density at radius 2 is 1.67 bits per heavy atom. The van der Waals surface area contributed by atoms with Gasteiger partial charge in [0.25, 0.3) is 0 Å². The molecule has 0 spiro atoms. The molecule has 1 saturated heterocycles. The summed E-state index contributed by atoms with van der Waals surface area (Å²) in [7, 11) is 0. The second kappa shape index (κ2) is 4.24. The molecule has 0 aromatic carbocycles. The Morgan fingerprint density at radius 3 is 2.17 bits per heavy atom. The normalized spacial score (nSPS) is 50.4. The molecule has 100 valence electrons. The number of rotatable bonds is 2. The molecular formula is C15H23NOS. The number of nitrogens with one attached hydrogen (secondary N) is 1. The van der Waals surface area contributed by atoms with E-state index in [9.17, 15) is 4.79 Å². The van der Waals surface area contributed by atoms with Crippen LogP contribution in [0.25, 0.3) is 0 Å². The molecule has 5 rings (SSSR count). The molecule has 1 aliphatic heterocycles. The summed E-state index contributed by atoms with van der Waals surface area (Å²) in [6.45, 7) is 1.02. The fourth-order valence-corrected chi connectivity index (χ4v) is 6.45. The van der Waals surface area contributed by atoms with Crippen LogP contribution in [0, 0.1) is 23.2 Å². The van der Waals surface area contributed by atoms with E-state index in [4.69, 9.17) is 0 Å². The summed E-state index contributed by atoms with van der Waals surface area (Å²) in [6, 6.07) is 0.167. The summed E-state index contributed by atoms with van der Waals surface area (Å²) in [6.07, 6.45) is 7.96. The van der Waals surface area contributed by atoms with Gasteiger partial charge in [0.2, 0.25) is 0 Å². The van der Waals surface area contributed by atoms with Gasteiger partial charge >= 0.3 is 0 Å². The van der Waals surface area contributed by atoms with E-state index < -0.39 is 0 Å². The number of hydrogen-bond acceptors (Lipinski definition) is 3. The summed E-state index contributed by atoms with van der Waals surface area (Å²) < 4.78 is 0. The monoisotopic (exact) mass is 265 g/mol. The zero-order valence-corrected chi connectivity index (χ0v) is 11.8. The zero-order chi connectivity index (χ0) is 12.2. The van der Waals surface area contributed by atoms with Gasteiger partial charge in [-0.05, 0) is 56.3 Å². The number of thioether (sulfide) groups is 1. The maximum atomic E-state index is 13.0. The van der Waals surface area contributed by atoms with Gasteiger partial charge < -0.3 is 5.32 Å². The van der Waals surface area contributed by atoms with Gasteiger partial charge in [-0.25, -0.2) is 0 Å². The Balaban J connectivity index is 1.57. The molecule has 1 heterocycles. The van der Waals surface area contributed by atoms with E-state index in [2.05, 4.69) is 5.32 Å². The summed E-state index contributed by atoms with van der Waals surface area (Å²) in [5, 5.41) is 3.47. The first-order valence-electron chi connectivity index (χ1n) is 7.61. The molecule has 0 radical (unpaired) electrons. The summed E-state index contributed by atoms with van der Waals surface area (Å²) in [4.78, 5) is 13.0. The van der Waals surface area contributed by atoms with Gasteiger partial charge in [0, 0.05) is 23.5 Å². The molecule has 0 aromatic heterocycles. The molecule has 1 N–H and O–H groups in total. The van der Waals surface area contributed by atoms with Crippen molar-refractivity contribution >= 4 is 17.5 Å². The molecule has 4 saturated carbocycles. The van der Waals surface area contributed by atoms with Crippen LogP contribution >= 0.6 is 11.8 Å². The Labute approximate surface area is 114 Å². The van der Waals surface area contributed by atoms with Crippen molar-refractivity contribution in [2.45, 2.75) is 44.6 Å². The number of Topliss-reactive ketones (excluding diaryl/α,β-unsaturated/α-hetero) is 1. The summed E-state index contributed by atoms with van der Waals surface area (Å²) >= 11 is 1.95. The van der Waals surface area contributed by atoms with Crippen molar-refractivity contribution in [3.8, 4) is 0 Å². The average Bonchev–Trinajstić information content (AvgIpc) is 2.37. The van der Waals surface area contributed by atoms with Crippen LogP contribution in [0.3, 0.4) is 0 Å². The summed E-state index contributed by atoms with van der Waals surface area (Å²) in [5.74, 6) is 5.43. The SMILES string of the molecule is O=C(C1CSCCN1)C12CC3CC(CC(C3)C1)C2. The van der Waals surface area contributed by atoms with Crippen LogP contribution in [0.2, 0.25) is 0 Å². The number of carbonyl (C=O) groups excluding carboxylic acids is 1. The predicted octanol–water partition coefficient (Wildman–Crippen LogP) is 2.48. The number of carbonyl (C=O) groups is 1. The first kappa shape index (κ1) is 11.8. The van der Waals surface area contributed by atoms with Gasteiger partial charge in [-0.15, -0.1) is 0 Å². The largest absolute Gasteiger partial charge is 0.306 e. The Bertz CT molecular complexity index is 326. The second-order valence-corrected chi connectivity index (χ2v) is 8.29. The molecule has 1 atom stereocenters. The van der Waals surface area contributed by atoms with Crippen molar-refractivity contribution in [2.24, 2.45) is 23.2 Å². The smallest absolute Gasteiger partial charge is 0.156 e. The molecule has 1 unspecified atom stereocenters. The van der Waals surface area contributed by atoms with Crippen molar-refractivity contribution in [3.05, 3.63) is 0 Å². The van der Waals surface area contributed by atoms with Gasteiger partial charge in [0.05, 0.1) is 6.04 Å². The van der Waals surface area contributed by atoms with Gasteiger partial charge in [-0.1, -0.05) is 0 Å². The molecule has 0 amide bonds. The second-order valence-electron chi connectivity index (χ2n) is 7.14. The molecule has 2 nitrogen and oxygen atoms in total. The minimum absolute atomic E-state index is 0.102. The van der Waals surface area contributed by atoms with E-state index in [0.29, 0.717) is 5.78 Å². The summed E-state index contributed by atoms with van der Waals surface area (Å²) in [5.41, 5.74) is 0.102. The molecule has 5 fully saturated rings. The van der Waals surface area contributed by atoms with Gasteiger partial charge in [0.1, 0.15) is 0 Å². The lowest BCUT2D eigenvalue weighted by Crippen LogP contribution is -2.56. The molecule has 0 aromatic rings. The fourth-order valence-electron chi connectivity index (χ4n) is 5.52. The van der Waals surface area contributed by atoms with Crippen LogP contribution in [0.5, 0.6) is 0 Å². The lowest BCUT2D eigenvalue weighted by atomic mass is 9.48. The maximum Gasteiger partial charge on any atom is 0.156 e. The van der Waals surface area contributed by atoms with Crippen molar-refractivity contribution in [3.63, 3.8) is 0 Å². The van der Waals surface area contributed by atoms with Crippen molar-refractivity contribution in [1.82, 2.24) is 5.32 Å². The van der Waals surface area contributed by atoms with E-state index in [1.165, 1.54) is 44.3 Å². The van der Waals surface area contributed by atoms with E-state index in [0.717, 1.165) is 30.1 Å². The van der Waals surface area contributed by atoms with Crippen LogP contribution in [-0.2, 0) is 4.79 Å². The lowest BCUT2D eigenvalue weighted by Gasteiger charge is -2.56. The molecule has 5 aliphatic rings. The van der Waals surface area contributed by atoms with E-state index in [1.54, 1.807) is 0 Å². The molecule has 4 bridgehead atoms. The van der Waals surface area contributed by atoms with Gasteiger partial charge in [-0.3, -0.25) is 4.79 Å². The van der Waals surface area contributed by atoms with E-state index >= 15 is 0 Å². The van der Waals surface area contributed by atoms with Crippen LogP contribution < -0.4 is 5.32 Å². The van der Waals surface area contributed by atoms with Crippen LogP contribution in [-0.4, -0.2) is 29.9 Å². The minimum atomic E-state index is 0.102. The Hall–Kier alpha value is -0.0200. The number of hydrogen-bond donors (Lipinski definition) is 1. The zero-order valence-electron chi connectivity index (χ0n) is 11.0. The average molecular weight is 265 g/mol. The third-order valence-electron chi connectivity index (χ3n) is 5.80. The third-order valence-corrected chi connectivity index (χ3v) is 6.86.